The van der Waals surface area contributed by atoms with Gasteiger partial charge in [-0.25, -0.2) is 13.4 Å². The van der Waals surface area contributed by atoms with Gasteiger partial charge >= 0.3 is 0 Å². The van der Waals surface area contributed by atoms with Crippen LogP contribution in [0, 0.1) is 13.8 Å². The molecule has 7 nitrogen and oxygen atoms in total. The minimum Gasteiger partial charge on any atom is -0.491 e. The van der Waals surface area contributed by atoms with Crippen LogP contribution in [0.25, 0.3) is 22.2 Å². The minimum absolute atomic E-state index is 0.109. The first-order valence-electron chi connectivity index (χ1n) is 12.8. The molecule has 1 aliphatic rings. The van der Waals surface area contributed by atoms with Crippen LogP contribution in [-0.2, 0) is 16.4 Å². The average molecular weight is 572 g/mol. The van der Waals surface area contributed by atoms with Crippen molar-refractivity contribution in [1.82, 2.24) is 14.9 Å². The summed E-state index contributed by atoms with van der Waals surface area (Å²) in [7, 11) is -3.78. The molecule has 202 valence electrons. The number of carbonyl (C=O) groups excluding carboxylic acids is 1. The van der Waals surface area contributed by atoms with E-state index in [1.54, 1.807) is 30.0 Å². The minimum atomic E-state index is -3.78. The zero-order chi connectivity index (χ0) is 28.0. The molecule has 9 heteroatoms. The van der Waals surface area contributed by atoms with Gasteiger partial charge in [-0.1, -0.05) is 29.8 Å². The first kappa shape index (κ1) is 26.1. The Morgan fingerprint density at radius 3 is 2.52 bits per heavy atom. The topological polar surface area (TPSA) is 92.4 Å². The Hall–Kier alpha value is -4.14. The Morgan fingerprint density at radius 1 is 0.950 bits per heavy atom. The number of amides is 1. The first-order valence-corrected chi connectivity index (χ1v) is 14.7. The Kier molecular flexibility index (Phi) is 6.60. The number of rotatable bonds is 4. The molecule has 5 aromatic rings. The molecule has 0 atom stereocenters. The van der Waals surface area contributed by atoms with Crippen molar-refractivity contribution >= 4 is 38.4 Å². The highest BCUT2D eigenvalue weighted by Gasteiger charge is 2.25. The molecular formula is C31H26ClN3O4S. The lowest BCUT2D eigenvalue weighted by atomic mass is 10.0. The van der Waals surface area contributed by atoms with Crippen LogP contribution in [0.3, 0.4) is 0 Å². The number of hydrogen-bond acceptors (Lipinski definition) is 5. The van der Waals surface area contributed by atoms with Gasteiger partial charge in [0, 0.05) is 22.7 Å². The molecule has 40 heavy (non-hydrogen) atoms. The largest absolute Gasteiger partial charge is 0.491 e. The van der Waals surface area contributed by atoms with Gasteiger partial charge in [-0.05, 0) is 91.2 Å². The number of hydrogen-bond donors (Lipinski definition) is 1. The second-order valence-electron chi connectivity index (χ2n) is 9.89. The maximum absolute atomic E-state index is 13.7. The molecule has 1 aliphatic heterocycles. The fourth-order valence-electron chi connectivity index (χ4n) is 5.05. The summed E-state index contributed by atoms with van der Waals surface area (Å²) in [5.74, 6) is 1.43. The number of carbonyl (C=O) groups is 1. The van der Waals surface area contributed by atoms with Crippen molar-refractivity contribution in [3.05, 3.63) is 106 Å². The Morgan fingerprint density at radius 2 is 1.73 bits per heavy atom. The molecule has 2 heterocycles. The van der Waals surface area contributed by atoms with Crippen molar-refractivity contribution in [3.8, 4) is 16.9 Å². The van der Waals surface area contributed by atoms with Crippen LogP contribution in [0.4, 0.5) is 0 Å². The highest BCUT2D eigenvalue weighted by Crippen LogP contribution is 2.32. The number of benzene rings is 4. The second-order valence-corrected chi connectivity index (χ2v) is 12.3. The van der Waals surface area contributed by atoms with Crippen molar-refractivity contribution in [2.24, 2.45) is 0 Å². The van der Waals surface area contributed by atoms with Gasteiger partial charge in [0.2, 0.25) is 9.84 Å². The predicted octanol–water partition coefficient (Wildman–Crippen LogP) is 6.37. The Bertz CT molecular complexity index is 1900. The summed E-state index contributed by atoms with van der Waals surface area (Å²) in [6.45, 7) is 4.81. The summed E-state index contributed by atoms with van der Waals surface area (Å²) in [5.41, 5.74) is 5.86. The van der Waals surface area contributed by atoms with Crippen LogP contribution in [0.15, 0.2) is 88.7 Å². The van der Waals surface area contributed by atoms with E-state index in [1.165, 1.54) is 24.3 Å². The van der Waals surface area contributed by atoms with Gasteiger partial charge in [0.15, 0.2) is 0 Å². The number of aromatic nitrogens is 2. The molecule has 0 radical (unpaired) electrons. The zero-order valence-corrected chi connectivity index (χ0v) is 23.5. The number of sulfone groups is 1. The van der Waals surface area contributed by atoms with Gasteiger partial charge in [0.25, 0.3) is 5.91 Å². The number of halogens is 1. The maximum Gasteiger partial charge on any atom is 0.254 e. The van der Waals surface area contributed by atoms with Gasteiger partial charge in [-0.3, -0.25) is 4.79 Å². The number of fused-ring (bicyclic) bond motifs is 2. The number of H-pyrrole nitrogens is 1. The van der Waals surface area contributed by atoms with Gasteiger partial charge in [-0.2, -0.15) is 0 Å². The van der Waals surface area contributed by atoms with Crippen molar-refractivity contribution in [1.29, 1.82) is 0 Å². The summed E-state index contributed by atoms with van der Waals surface area (Å²) in [5, 5.41) is 0.341. The number of nitrogens with zero attached hydrogens (tertiary/aromatic N) is 2. The fourth-order valence-corrected chi connectivity index (χ4v) is 6.69. The van der Waals surface area contributed by atoms with Gasteiger partial charge < -0.3 is 14.6 Å². The third-order valence-electron chi connectivity index (χ3n) is 7.11. The van der Waals surface area contributed by atoms with E-state index >= 15 is 0 Å². The molecular weight excluding hydrogens is 546 g/mol. The molecule has 0 bridgehead atoms. The van der Waals surface area contributed by atoms with Gasteiger partial charge in [-0.15, -0.1) is 0 Å². The highest BCUT2D eigenvalue weighted by molar-refractivity contribution is 7.91. The Balaban J connectivity index is 1.27. The quantitative estimate of drug-likeness (QED) is 0.271. The van der Waals surface area contributed by atoms with E-state index in [4.69, 9.17) is 16.3 Å². The second kappa shape index (κ2) is 10.1. The number of ether oxygens (including phenoxy) is 1. The van der Waals surface area contributed by atoms with Gasteiger partial charge in [0.05, 0.1) is 27.4 Å². The fraction of sp³-hybridized carbons (Fsp3) is 0.161. The average Bonchev–Trinajstić information content (AvgIpc) is 3.18. The van der Waals surface area contributed by atoms with E-state index in [2.05, 4.69) is 22.1 Å². The molecule has 1 amide bonds. The van der Waals surface area contributed by atoms with Gasteiger partial charge in [0.1, 0.15) is 18.2 Å². The highest BCUT2D eigenvalue weighted by atomic mass is 35.5. The molecule has 1 N–H and O–H groups in total. The predicted molar refractivity (Wildman–Crippen MR) is 155 cm³/mol. The lowest BCUT2D eigenvalue weighted by Gasteiger charge is -2.21. The van der Waals surface area contributed by atoms with E-state index in [0.717, 1.165) is 39.3 Å². The monoisotopic (exact) mass is 571 g/mol. The molecule has 1 aromatic heterocycles. The standard InChI is InChI=1S/C31H26ClN3O4S/c1-19-14-26(40(37,38)25-5-3-4-24(32)17-25)8-9-27(19)31(36)35-12-13-39-30-11-7-21(15-23(30)18-35)22-6-10-28-29(16-22)34-20(2)33-28/h3-11,14-17H,12-13,18H2,1-2H3,(H,33,34). The van der Waals surface area contributed by atoms with E-state index in [-0.39, 0.29) is 15.7 Å². The smallest absolute Gasteiger partial charge is 0.254 e. The third-order valence-corrected chi connectivity index (χ3v) is 9.09. The van der Waals surface area contributed by atoms with Crippen molar-refractivity contribution in [3.63, 3.8) is 0 Å². The van der Waals surface area contributed by atoms with Crippen molar-refractivity contribution < 1.29 is 17.9 Å². The molecule has 0 saturated carbocycles. The number of imidazole rings is 1. The molecule has 0 spiro atoms. The molecule has 4 aromatic carbocycles. The summed E-state index contributed by atoms with van der Waals surface area (Å²) in [4.78, 5) is 23.4. The number of nitrogens with one attached hydrogen (secondary N) is 1. The Labute approximate surface area is 237 Å². The lowest BCUT2D eigenvalue weighted by Crippen LogP contribution is -2.33. The normalized spacial score (nSPS) is 13.5. The SMILES string of the molecule is Cc1nc2ccc(-c3ccc4c(c3)CN(C(=O)c3ccc(S(=O)(=O)c5cccc(Cl)c5)cc3C)CCO4)cc2[nH]1. The van der Waals surface area contributed by atoms with Crippen LogP contribution in [0.2, 0.25) is 5.02 Å². The number of aromatic amines is 1. The van der Waals surface area contributed by atoms with Crippen LogP contribution in [0.5, 0.6) is 5.75 Å². The van der Waals surface area contributed by atoms with E-state index in [1.807, 2.05) is 31.2 Å². The van der Waals surface area contributed by atoms with Crippen LogP contribution < -0.4 is 4.74 Å². The van der Waals surface area contributed by atoms with E-state index in [0.29, 0.717) is 35.8 Å². The number of aryl methyl sites for hydroxylation is 2. The molecule has 0 unspecified atom stereocenters. The molecule has 0 fully saturated rings. The molecule has 6 rings (SSSR count). The maximum atomic E-state index is 13.7. The third kappa shape index (κ3) is 4.85. The lowest BCUT2D eigenvalue weighted by molar-refractivity contribution is 0.0732. The summed E-state index contributed by atoms with van der Waals surface area (Å²) >= 11 is 6.01. The molecule has 0 saturated heterocycles. The summed E-state index contributed by atoms with van der Waals surface area (Å²) in [6.07, 6.45) is 0. The van der Waals surface area contributed by atoms with Crippen LogP contribution in [-0.4, -0.2) is 42.3 Å². The van der Waals surface area contributed by atoms with Crippen molar-refractivity contribution in [2.75, 3.05) is 13.2 Å². The van der Waals surface area contributed by atoms with Crippen molar-refractivity contribution in [2.45, 2.75) is 30.2 Å². The summed E-state index contributed by atoms with van der Waals surface area (Å²) in [6, 6.07) is 22.9. The van der Waals surface area contributed by atoms with Crippen LogP contribution in [0.1, 0.15) is 27.3 Å². The molecule has 0 aliphatic carbocycles. The van der Waals surface area contributed by atoms with E-state index in [9.17, 15) is 13.2 Å². The summed E-state index contributed by atoms with van der Waals surface area (Å²) < 4.78 is 32.3. The first-order chi connectivity index (χ1) is 19.2. The zero-order valence-electron chi connectivity index (χ0n) is 21.9. The van der Waals surface area contributed by atoms with E-state index < -0.39 is 9.84 Å². The van der Waals surface area contributed by atoms with Crippen LogP contribution >= 0.6 is 11.6 Å².